The van der Waals surface area contributed by atoms with Crippen LogP contribution in [0, 0.1) is 23.7 Å². The SMILES string of the molecule is CC(=O)OCC(=O)Cc1ccc(-c2ccc(O)c3c2C[C@@H]2C[C@@H]4[C@@H](N(C)C)C(O)C(C(N)=O)C(=O)[C@]4(O)C(=O)C2C3=O)cc1. The summed E-state index contributed by atoms with van der Waals surface area (Å²) in [5, 5.41) is 33.5. The predicted molar refractivity (Wildman–Crippen MR) is 153 cm³/mol. The van der Waals surface area contributed by atoms with E-state index in [0.29, 0.717) is 22.3 Å². The van der Waals surface area contributed by atoms with E-state index >= 15 is 0 Å². The summed E-state index contributed by atoms with van der Waals surface area (Å²) in [6.45, 7) is 0.886. The van der Waals surface area contributed by atoms with Gasteiger partial charge in [0.15, 0.2) is 28.7 Å². The summed E-state index contributed by atoms with van der Waals surface area (Å²) in [6, 6.07) is 8.96. The third kappa shape index (κ3) is 4.92. The second-order valence-electron chi connectivity index (χ2n) is 12.1. The average molecular weight is 607 g/mol. The van der Waals surface area contributed by atoms with Crippen LogP contribution in [-0.4, -0.2) is 93.7 Å². The summed E-state index contributed by atoms with van der Waals surface area (Å²) in [5.41, 5.74) is 5.07. The normalized spacial score (nSPS) is 29.5. The van der Waals surface area contributed by atoms with Gasteiger partial charge in [0.25, 0.3) is 0 Å². The molecule has 0 aliphatic heterocycles. The summed E-state index contributed by atoms with van der Waals surface area (Å²) in [7, 11) is 3.17. The third-order valence-corrected chi connectivity index (χ3v) is 9.28. The van der Waals surface area contributed by atoms with Crippen molar-refractivity contribution in [1.82, 2.24) is 4.90 Å². The fourth-order valence-corrected chi connectivity index (χ4v) is 7.36. The zero-order chi connectivity index (χ0) is 32.2. The number of phenolic OH excluding ortho intramolecular Hbond substituents is 1. The first-order valence-electron chi connectivity index (χ1n) is 14.3. The number of hydrogen-bond donors (Lipinski definition) is 4. The third-order valence-electron chi connectivity index (χ3n) is 9.28. The number of aromatic hydroxyl groups is 1. The molecule has 0 aromatic heterocycles. The highest BCUT2D eigenvalue weighted by Gasteiger charge is 2.69. The molecule has 2 saturated carbocycles. The number of rotatable bonds is 7. The molecule has 0 saturated heterocycles. The Balaban J connectivity index is 1.51. The van der Waals surface area contributed by atoms with Gasteiger partial charge in [0, 0.05) is 25.3 Å². The van der Waals surface area contributed by atoms with E-state index in [-0.39, 0.29) is 43.0 Å². The van der Waals surface area contributed by atoms with Gasteiger partial charge in [-0.3, -0.25) is 28.8 Å². The van der Waals surface area contributed by atoms with Crippen LogP contribution in [0.2, 0.25) is 0 Å². The molecule has 44 heavy (non-hydrogen) atoms. The number of ketones is 4. The minimum atomic E-state index is -2.72. The number of nitrogens with zero attached hydrogens (tertiary/aromatic N) is 1. The average Bonchev–Trinajstić information content (AvgIpc) is 2.94. The number of nitrogens with two attached hydrogens (primary N) is 1. The van der Waals surface area contributed by atoms with E-state index in [1.165, 1.54) is 17.9 Å². The fraction of sp³-hybridized carbons (Fsp3) is 0.438. The Labute approximate surface area is 252 Å². The lowest BCUT2D eigenvalue weighted by Crippen LogP contribution is -2.75. The van der Waals surface area contributed by atoms with E-state index in [9.17, 15) is 44.1 Å². The van der Waals surface area contributed by atoms with Crippen LogP contribution < -0.4 is 5.73 Å². The van der Waals surface area contributed by atoms with Crippen LogP contribution in [0.1, 0.15) is 34.8 Å². The maximum absolute atomic E-state index is 14.0. The first-order valence-corrected chi connectivity index (χ1v) is 14.3. The number of carbonyl (C=O) groups excluding carboxylic acids is 6. The van der Waals surface area contributed by atoms with Crippen molar-refractivity contribution in [2.45, 2.75) is 43.9 Å². The molecule has 7 atom stereocenters. The molecule has 1 amide bonds. The highest BCUT2D eigenvalue weighted by atomic mass is 16.5. The molecule has 0 bridgehead atoms. The molecule has 0 spiro atoms. The highest BCUT2D eigenvalue weighted by Crippen LogP contribution is 2.52. The van der Waals surface area contributed by atoms with Gasteiger partial charge in [-0.05, 0) is 61.2 Å². The van der Waals surface area contributed by atoms with E-state index in [4.69, 9.17) is 10.5 Å². The molecule has 232 valence electrons. The van der Waals surface area contributed by atoms with E-state index in [1.807, 2.05) is 0 Å². The Morgan fingerprint density at radius 3 is 2.30 bits per heavy atom. The number of hydrogen-bond acceptors (Lipinski definition) is 11. The number of fused-ring (bicyclic) bond motifs is 3. The highest BCUT2D eigenvalue weighted by molar-refractivity contribution is 6.25. The number of benzene rings is 2. The molecule has 0 heterocycles. The monoisotopic (exact) mass is 606 g/mol. The Kier molecular flexibility index (Phi) is 8.04. The maximum atomic E-state index is 14.0. The van der Waals surface area contributed by atoms with Crippen molar-refractivity contribution in [3.63, 3.8) is 0 Å². The second kappa shape index (κ2) is 11.3. The number of aliphatic hydroxyl groups excluding tert-OH is 1. The van der Waals surface area contributed by atoms with Crippen LogP contribution in [0.3, 0.4) is 0 Å². The fourth-order valence-electron chi connectivity index (χ4n) is 7.36. The lowest BCUT2D eigenvalue weighted by atomic mass is 9.52. The van der Waals surface area contributed by atoms with Gasteiger partial charge in [-0.15, -0.1) is 0 Å². The molecule has 5 N–H and O–H groups in total. The van der Waals surface area contributed by atoms with Crippen molar-refractivity contribution >= 4 is 35.0 Å². The van der Waals surface area contributed by atoms with Gasteiger partial charge in [-0.25, -0.2) is 0 Å². The Bertz CT molecular complexity index is 1580. The molecule has 12 nitrogen and oxygen atoms in total. The molecule has 0 radical (unpaired) electrons. The van der Waals surface area contributed by atoms with Gasteiger partial charge in [-0.1, -0.05) is 30.3 Å². The van der Waals surface area contributed by atoms with Crippen molar-refractivity contribution in [2.75, 3.05) is 20.7 Å². The number of carbonyl (C=O) groups is 6. The number of esters is 1. The van der Waals surface area contributed by atoms with E-state index in [2.05, 4.69) is 0 Å². The molecule has 3 aliphatic rings. The van der Waals surface area contributed by atoms with E-state index in [0.717, 1.165) is 0 Å². The van der Waals surface area contributed by atoms with Crippen molar-refractivity contribution in [2.24, 2.45) is 29.4 Å². The van der Waals surface area contributed by atoms with E-state index < -0.39 is 70.6 Å². The van der Waals surface area contributed by atoms with Gasteiger partial charge in [0.1, 0.15) is 18.3 Å². The van der Waals surface area contributed by atoms with E-state index in [1.54, 1.807) is 44.4 Å². The minimum absolute atomic E-state index is 0.00763. The molecular weight excluding hydrogens is 572 g/mol. The zero-order valence-electron chi connectivity index (χ0n) is 24.5. The van der Waals surface area contributed by atoms with Crippen LogP contribution in [0.15, 0.2) is 36.4 Å². The van der Waals surface area contributed by atoms with Crippen LogP contribution in [0.4, 0.5) is 0 Å². The van der Waals surface area contributed by atoms with Crippen molar-refractivity contribution < 1.29 is 48.8 Å². The number of Topliss-reactive ketones (excluding diaryl/α,β-unsaturated/α-hetero) is 4. The summed E-state index contributed by atoms with van der Waals surface area (Å²) in [6.07, 6.45) is -1.37. The number of aliphatic hydroxyl groups is 2. The molecule has 5 rings (SSSR count). The summed E-state index contributed by atoms with van der Waals surface area (Å²) in [4.78, 5) is 78.2. The van der Waals surface area contributed by atoms with Crippen LogP contribution >= 0.6 is 0 Å². The standard InChI is InChI=1S/C32H34N2O10/c1-14(35)44-13-18(36)10-15-4-6-16(7-5-15)19-8-9-22(37)24-20(19)11-17-12-21-26(34(2)3)28(39)25(31(33)42)30(41)32(21,43)29(40)23(17)27(24)38/h4-9,17,21,23,25-26,28,37,39,43H,10-13H2,1-3H3,(H2,33,42)/t17-,21-,23?,25?,26-,28?,32-/m1/s1. The molecule has 2 fully saturated rings. The van der Waals surface area contributed by atoms with Crippen molar-refractivity contribution in [3.05, 3.63) is 53.1 Å². The Hall–Kier alpha value is -4.26. The Morgan fingerprint density at radius 2 is 1.70 bits per heavy atom. The minimum Gasteiger partial charge on any atom is -0.507 e. The summed E-state index contributed by atoms with van der Waals surface area (Å²) in [5.74, 6) is -10.5. The van der Waals surface area contributed by atoms with Gasteiger partial charge >= 0.3 is 5.97 Å². The van der Waals surface area contributed by atoms with Gasteiger partial charge < -0.3 is 30.7 Å². The largest absolute Gasteiger partial charge is 0.507 e. The quantitative estimate of drug-likeness (QED) is 0.244. The lowest BCUT2D eigenvalue weighted by Gasteiger charge is -2.54. The zero-order valence-corrected chi connectivity index (χ0v) is 24.5. The predicted octanol–water partition coefficient (Wildman–Crippen LogP) is 0.000500. The maximum Gasteiger partial charge on any atom is 0.303 e. The van der Waals surface area contributed by atoms with Crippen molar-refractivity contribution in [3.8, 4) is 16.9 Å². The summed E-state index contributed by atoms with van der Waals surface area (Å²) >= 11 is 0. The molecule has 3 aliphatic carbocycles. The molecular formula is C32H34N2O10. The number of ether oxygens (including phenoxy) is 1. The topological polar surface area (TPSA) is 202 Å². The molecule has 2 aromatic rings. The molecule has 2 aromatic carbocycles. The first-order chi connectivity index (χ1) is 20.7. The van der Waals surface area contributed by atoms with Gasteiger partial charge in [0.05, 0.1) is 17.6 Å². The first kappa shape index (κ1) is 31.2. The second-order valence-corrected chi connectivity index (χ2v) is 12.1. The summed E-state index contributed by atoms with van der Waals surface area (Å²) < 4.78 is 4.75. The molecule has 3 unspecified atom stereocenters. The van der Waals surface area contributed by atoms with Crippen LogP contribution in [-0.2, 0) is 41.6 Å². The number of phenols is 1. The number of amides is 1. The Morgan fingerprint density at radius 1 is 1.05 bits per heavy atom. The smallest absolute Gasteiger partial charge is 0.303 e. The molecule has 12 heteroatoms. The van der Waals surface area contributed by atoms with Gasteiger partial charge in [-0.2, -0.15) is 0 Å². The number of likely N-dealkylation sites (N-methyl/N-ethyl adjacent to an activating group) is 1. The van der Waals surface area contributed by atoms with Crippen molar-refractivity contribution in [1.29, 1.82) is 0 Å². The van der Waals surface area contributed by atoms with Crippen LogP contribution in [0.5, 0.6) is 5.75 Å². The van der Waals surface area contributed by atoms with Crippen LogP contribution in [0.25, 0.3) is 11.1 Å². The number of primary amides is 1. The lowest BCUT2D eigenvalue weighted by molar-refractivity contribution is -0.190. The van der Waals surface area contributed by atoms with Gasteiger partial charge in [0.2, 0.25) is 5.91 Å².